The molecule has 1 saturated carbocycles. The Morgan fingerprint density at radius 1 is 1.23 bits per heavy atom. The van der Waals surface area contributed by atoms with E-state index >= 15 is 0 Å². The van der Waals surface area contributed by atoms with E-state index in [0.29, 0.717) is 5.90 Å². The number of amides is 1. The van der Waals surface area contributed by atoms with E-state index in [-0.39, 0.29) is 18.2 Å². The van der Waals surface area contributed by atoms with E-state index in [2.05, 4.69) is 11.6 Å². The SMILES string of the molecule is C=C(C)C(=NC)OC1CCC(N(C)C(=O)OC(C)(C)C)CC1. The standard InChI is InChI=1S/C17H30N2O3/c1-12(2)15(18-6)21-14-10-8-13(9-11-14)19(7)16(20)22-17(3,4)5/h13-14H,1,8-11H2,2-7H3. The Bertz CT molecular complexity index is 430. The first-order valence-corrected chi connectivity index (χ1v) is 7.89. The van der Waals surface area contributed by atoms with Gasteiger partial charge in [-0.25, -0.2) is 4.79 Å². The van der Waals surface area contributed by atoms with Gasteiger partial charge in [-0.1, -0.05) is 6.58 Å². The molecule has 1 aliphatic carbocycles. The number of carbonyl (C=O) groups excluding carboxylic acids is 1. The first-order valence-electron chi connectivity index (χ1n) is 7.89. The molecule has 1 amide bonds. The van der Waals surface area contributed by atoms with E-state index in [9.17, 15) is 4.79 Å². The maximum absolute atomic E-state index is 12.1. The molecular formula is C17H30N2O3. The monoisotopic (exact) mass is 310 g/mol. The highest BCUT2D eigenvalue weighted by Gasteiger charge is 2.30. The van der Waals surface area contributed by atoms with Crippen molar-refractivity contribution in [1.82, 2.24) is 4.90 Å². The Morgan fingerprint density at radius 3 is 2.18 bits per heavy atom. The van der Waals surface area contributed by atoms with Crippen molar-refractivity contribution in [3.63, 3.8) is 0 Å². The van der Waals surface area contributed by atoms with Crippen molar-refractivity contribution < 1.29 is 14.3 Å². The third-order valence-electron chi connectivity index (χ3n) is 3.72. The van der Waals surface area contributed by atoms with Crippen LogP contribution < -0.4 is 0 Å². The largest absolute Gasteiger partial charge is 0.474 e. The summed E-state index contributed by atoms with van der Waals surface area (Å²) >= 11 is 0. The molecule has 0 aromatic carbocycles. The summed E-state index contributed by atoms with van der Waals surface area (Å²) < 4.78 is 11.3. The second-order valence-electron chi connectivity index (χ2n) is 6.95. The second kappa shape index (κ2) is 7.65. The van der Waals surface area contributed by atoms with Crippen LogP contribution >= 0.6 is 0 Å². The van der Waals surface area contributed by atoms with Crippen LogP contribution in [0, 0.1) is 0 Å². The Balaban J connectivity index is 2.48. The Kier molecular flexibility index (Phi) is 6.45. The molecule has 0 bridgehead atoms. The molecule has 1 aliphatic rings. The quantitative estimate of drug-likeness (QED) is 0.589. The molecular weight excluding hydrogens is 280 g/mol. The van der Waals surface area contributed by atoms with E-state index in [0.717, 1.165) is 31.3 Å². The molecule has 0 unspecified atom stereocenters. The van der Waals surface area contributed by atoms with Gasteiger partial charge in [0.05, 0.1) is 0 Å². The van der Waals surface area contributed by atoms with Gasteiger partial charge < -0.3 is 14.4 Å². The zero-order valence-corrected chi connectivity index (χ0v) is 14.8. The highest BCUT2D eigenvalue weighted by molar-refractivity contribution is 5.92. The number of hydrogen-bond acceptors (Lipinski definition) is 4. The molecule has 0 aromatic heterocycles. The highest BCUT2D eigenvalue weighted by Crippen LogP contribution is 2.26. The first kappa shape index (κ1) is 18.5. The summed E-state index contributed by atoms with van der Waals surface area (Å²) in [7, 11) is 3.53. The summed E-state index contributed by atoms with van der Waals surface area (Å²) in [6.07, 6.45) is 3.53. The summed E-state index contributed by atoms with van der Waals surface area (Å²) in [6, 6.07) is 0.210. The van der Waals surface area contributed by atoms with Crippen LogP contribution in [0.3, 0.4) is 0 Å². The molecule has 0 N–H and O–H groups in total. The van der Waals surface area contributed by atoms with Crippen LogP contribution in [-0.4, -0.2) is 48.7 Å². The predicted molar refractivity (Wildman–Crippen MR) is 89.3 cm³/mol. The minimum absolute atomic E-state index is 0.152. The zero-order chi connectivity index (χ0) is 16.9. The molecule has 5 heteroatoms. The fourth-order valence-corrected chi connectivity index (χ4v) is 2.54. The fourth-order valence-electron chi connectivity index (χ4n) is 2.54. The van der Waals surface area contributed by atoms with E-state index < -0.39 is 5.60 Å². The summed E-state index contributed by atoms with van der Waals surface area (Å²) in [4.78, 5) is 17.9. The summed E-state index contributed by atoms with van der Waals surface area (Å²) in [5.41, 5.74) is 0.384. The average molecular weight is 310 g/mol. The topological polar surface area (TPSA) is 51.1 Å². The van der Waals surface area contributed by atoms with Gasteiger partial charge in [-0.15, -0.1) is 0 Å². The molecule has 0 aliphatic heterocycles. The number of carbonyl (C=O) groups is 1. The van der Waals surface area contributed by atoms with Crippen LogP contribution in [0.4, 0.5) is 4.79 Å². The van der Waals surface area contributed by atoms with Gasteiger partial charge in [-0.05, 0) is 53.4 Å². The summed E-state index contributed by atoms with van der Waals surface area (Å²) in [6.45, 7) is 11.4. The van der Waals surface area contributed by atoms with Gasteiger partial charge in [0.15, 0.2) is 0 Å². The lowest BCUT2D eigenvalue weighted by Crippen LogP contribution is -2.43. The lowest BCUT2D eigenvalue weighted by Gasteiger charge is -2.35. The van der Waals surface area contributed by atoms with Gasteiger partial charge in [0.2, 0.25) is 5.90 Å². The zero-order valence-electron chi connectivity index (χ0n) is 14.8. The molecule has 0 spiro atoms. The normalized spacial score (nSPS) is 22.9. The summed E-state index contributed by atoms with van der Waals surface area (Å²) in [5, 5.41) is 0. The Hall–Kier alpha value is -1.52. The van der Waals surface area contributed by atoms with E-state index in [4.69, 9.17) is 9.47 Å². The molecule has 126 valence electrons. The third kappa shape index (κ3) is 5.70. The lowest BCUT2D eigenvalue weighted by atomic mass is 9.92. The molecule has 22 heavy (non-hydrogen) atoms. The van der Waals surface area contributed by atoms with Crippen molar-refractivity contribution in [1.29, 1.82) is 0 Å². The number of hydrogen-bond donors (Lipinski definition) is 0. The van der Waals surface area contributed by atoms with Crippen molar-refractivity contribution in [2.75, 3.05) is 14.1 Å². The maximum Gasteiger partial charge on any atom is 0.410 e. The van der Waals surface area contributed by atoms with Gasteiger partial charge in [-0.3, -0.25) is 4.99 Å². The second-order valence-corrected chi connectivity index (χ2v) is 6.95. The van der Waals surface area contributed by atoms with E-state index in [1.165, 1.54) is 0 Å². The fraction of sp³-hybridized carbons (Fsp3) is 0.765. The van der Waals surface area contributed by atoms with Crippen molar-refractivity contribution in [3.05, 3.63) is 12.2 Å². The minimum atomic E-state index is -0.459. The van der Waals surface area contributed by atoms with Crippen molar-refractivity contribution in [3.8, 4) is 0 Å². The molecule has 0 saturated heterocycles. The van der Waals surface area contributed by atoms with Gasteiger partial charge in [0.1, 0.15) is 11.7 Å². The minimum Gasteiger partial charge on any atom is -0.474 e. The molecule has 1 rings (SSSR count). The molecule has 5 nitrogen and oxygen atoms in total. The van der Waals surface area contributed by atoms with Crippen LogP contribution in [0.1, 0.15) is 53.4 Å². The third-order valence-corrected chi connectivity index (χ3v) is 3.72. The average Bonchev–Trinajstić information content (AvgIpc) is 2.42. The van der Waals surface area contributed by atoms with Crippen LogP contribution in [0.25, 0.3) is 0 Å². The molecule has 0 radical (unpaired) electrons. The van der Waals surface area contributed by atoms with Gasteiger partial charge in [-0.2, -0.15) is 0 Å². The van der Waals surface area contributed by atoms with E-state index in [1.807, 2.05) is 34.7 Å². The van der Waals surface area contributed by atoms with Gasteiger partial charge >= 0.3 is 6.09 Å². The number of aliphatic imine (C=N–C) groups is 1. The van der Waals surface area contributed by atoms with Crippen molar-refractivity contribution in [2.45, 2.75) is 71.1 Å². The molecule has 1 fully saturated rings. The molecule has 0 aromatic rings. The van der Waals surface area contributed by atoms with E-state index in [1.54, 1.807) is 11.9 Å². The predicted octanol–water partition coefficient (Wildman–Crippen LogP) is 3.79. The molecule has 0 atom stereocenters. The van der Waals surface area contributed by atoms with Crippen LogP contribution in [0.2, 0.25) is 0 Å². The lowest BCUT2D eigenvalue weighted by molar-refractivity contribution is 0.0132. The molecule has 0 heterocycles. The summed E-state index contributed by atoms with van der Waals surface area (Å²) in [5.74, 6) is 0.629. The maximum atomic E-state index is 12.1. The Labute approximate surface area is 134 Å². The number of nitrogens with zero attached hydrogens (tertiary/aromatic N) is 2. The Morgan fingerprint density at radius 2 is 1.77 bits per heavy atom. The van der Waals surface area contributed by atoms with Gasteiger partial charge in [0, 0.05) is 25.7 Å². The van der Waals surface area contributed by atoms with Crippen LogP contribution in [0.5, 0.6) is 0 Å². The van der Waals surface area contributed by atoms with Crippen LogP contribution in [-0.2, 0) is 9.47 Å². The smallest absolute Gasteiger partial charge is 0.410 e. The van der Waals surface area contributed by atoms with Crippen molar-refractivity contribution >= 4 is 12.0 Å². The highest BCUT2D eigenvalue weighted by atomic mass is 16.6. The van der Waals surface area contributed by atoms with Crippen molar-refractivity contribution in [2.24, 2.45) is 4.99 Å². The number of ether oxygens (including phenoxy) is 2. The number of rotatable bonds is 3. The van der Waals surface area contributed by atoms with Crippen LogP contribution in [0.15, 0.2) is 17.1 Å². The first-order chi connectivity index (χ1) is 10.1. The van der Waals surface area contributed by atoms with Gasteiger partial charge in [0.25, 0.3) is 0 Å².